The second-order valence-electron chi connectivity index (χ2n) is 6.21. The number of rotatable bonds is 7. The number of nitrogens with zero attached hydrogens (tertiary/aromatic N) is 2. The van der Waals surface area contributed by atoms with Gasteiger partial charge in [-0.3, -0.25) is 19.8 Å². The second kappa shape index (κ2) is 8.57. The van der Waals surface area contributed by atoms with Crippen LogP contribution >= 0.6 is 0 Å². The quantitative estimate of drug-likeness (QED) is 0.220. The van der Waals surface area contributed by atoms with E-state index in [2.05, 4.69) is 10.1 Å². The predicted octanol–water partition coefficient (Wildman–Crippen LogP) is 2.17. The Kier molecular flexibility index (Phi) is 5.90. The first-order valence-corrected chi connectivity index (χ1v) is 8.90. The van der Waals surface area contributed by atoms with Gasteiger partial charge >= 0.3 is 17.7 Å². The molecule has 12 nitrogen and oxygen atoms in total. The molecule has 3 rings (SSSR count). The zero-order chi connectivity index (χ0) is 22.7. The van der Waals surface area contributed by atoms with Gasteiger partial charge in [0, 0.05) is 6.07 Å². The molecule has 31 heavy (non-hydrogen) atoms. The average Bonchev–Trinajstić information content (AvgIpc) is 3.30. The maximum absolute atomic E-state index is 12.6. The van der Waals surface area contributed by atoms with Gasteiger partial charge in [0.05, 0.1) is 25.2 Å². The van der Waals surface area contributed by atoms with Gasteiger partial charge in [0.25, 0.3) is 5.91 Å². The largest absolute Gasteiger partial charge is 0.500 e. The maximum atomic E-state index is 12.6. The van der Waals surface area contributed by atoms with Crippen molar-refractivity contribution in [2.75, 3.05) is 13.7 Å². The van der Waals surface area contributed by atoms with E-state index in [-0.39, 0.29) is 41.7 Å². The van der Waals surface area contributed by atoms with Crippen molar-refractivity contribution in [2.45, 2.75) is 13.5 Å². The number of phenols is 1. The summed E-state index contributed by atoms with van der Waals surface area (Å²) >= 11 is 0. The van der Waals surface area contributed by atoms with Crippen molar-refractivity contribution in [3.05, 3.63) is 57.2 Å². The van der Waals surface area contributed by atoms with E-state index in [1.54, 1.807) is 6.92 Å². The normalized spacial score (nSPS) is 14.6. The fraction of sp³-hybridized carbons (Fsp3) is 0.211. The van der Waals surface area contributed by atoms with E-state index in [1.165, 1.54) is 31.4 Å². The number of benzene rings is 1. The lowest BCUT2D eigenvalue weighted by Crippen LogP contribution is -2.30. The fourth-order valence-electron chi connectivity index (χ4n) is 2.81. The summed E-state index contributed by atoms with van der Waals surface area (Å²) < 4.78 is 15.0. The molecule has 0 atom stereocenters. The zero-order valence-electron chi connectivity index (χ0n) is 16.4. The van der Waals surface area contributed by atoms with Crippen molar-refractivity contribution in [1.29, 1.82) is 0 Å². The van der Waals surface area contributed by atoms with Crippen LogP contribution in [0, 0.1) is 10.1 Å². The summed E-state index contributed by atoms with van der Waals surface area (Å²) in [5, 5.41) is 23.5. The predicted molar refractivity (Wildman–Crippen MR) is 103 cm³/mol. The number of nitro groups is 1. The minimum Gasteiger partial charge on any atom is -0.500 e. The van der Waals surface area contributed by atoms with Crippen molar-refractivity contribution >= 4 is 29.7 Å². The molecular formula is C19H17N3O9. The highest BCUT2D eigenvalue weighted by molar-refractivity contribution is 6.13. The Morgan fingerprint density at radius 2 is 2.10 bits per heavy atom. The van der Waals surface area contributed by atoms with Gasteiger partial charge in [-0.2, -0.15) is 0 Å². The van der Waals surface area contributed by atoms with E-state index >= 15 is 0 Å². The molecule has 2 heterocycles. The number of urea groups is 1. The third kappa shape index (κ3) is 4.32. The second-order valence-corrected chi connectivity index (χ2v) is 6.21. The number of carbonyl (C=O) groups excluding carboxylic acids is 3. The molecule has 2 N–H and O–H groups in total. The van der Waals surface area contributed by atoms with Crippen molar-refractivity contribution in [1.82, 2.24) is 10.2 Å². The van der Waals surface area contributed by atoms with Crippen molar-refractivity contribution < 1.29 is 38.3 Å². The molecule has 0 unspecified atom stereocenters. The van der Waals surface area contributed by atoms with Gasteiger partial charge in [-0.25, -0.2) is 9.59 Å². The summed E-state index contributed by atoms with van der Waals surface area (Å²) in [4.78, 5) is 47.6. The molecule has 0 aliphatic carbocycles. The molecule has 0 spiro atoms. The van der Waals surface area contributed by atoms with Crippen molar-refractivity contribution in [3.8, 4) is 11.5 Å². The molecule has 0 saturated carbocycles. The lowest BCUT2D eigenvalue weighted by atomic mass is 10.1. The lowest BCUT2D eigenvalue weighted by Gasteiger charge is -2.09. The molecule has 3 amide bonds. The average molecular weight is 431 g/mol. The fourth-order valence-corrected chi connectivity index (χ4v) is 2.81. The first kappa shape index (κ1) is 21.4. The van der Waals surface area contributed by atoms with Gasteiger partial charge in [0.1, 0.15) is 11.5 Å². The first-order chi connectivity index (χ1) is 14.7. The number of hydrogen-bond acceptors (Lipinski definition) is 9. The van der Waals surface area contributed by atoms with Gasteiger partial charge in [-0.05, 0) is 36.8 Å². The molecule has 1 fully saturated rings. The summed E-state index contributed by atoms with van der Waals surface area (Å²) in [6, 6.07) is 4.37. The van der Waals surface area contributed by atoms with Crippen LogP contribution in [-0.4, -0.2) is 46.6 Å². The number of imide groups is 1. The summed E-state index contributed by atoms with van der Waals surface area (Å²) in [6.07, 6.45) is 1.22. The van der Waals surface area contributed by atoms with Crippen LogP contribution in [0.4, 0.5) is 10.5 Å². The summed E-state index contributed by atoms with van der Waals surface area (Å²) in [5.41, 5.74) is -0.603. The van der Waals surface area contributed by atoms with E-state index in [1.807, 2.05) is 0 Å². The molecule has 162 valence electrons. The number of nitro benzene ring substituents is 1. The Hall–Kier alpha value is -4.35. The third-order valence-corrected chi connectivity index (χ3v) is 4.21. The summed E-state index contributed by atoms with van der Waals surface area (Å²) in [7, 11) is 1.18. The van der Waals surface area contributed by atoms with E-state index in [0.717, 1.165) is 11.0 Å². The first-order valence-electron chi connectivity index (χ1n) is 8.90. The molecule has 1 aromatic heterocycles. The van der Waals surface area contributed by atoms with E-state index in [4.69, 9.17) is 9.15 Å². The van der Waals surface area contributed by atoms with Gasteiger partial charge in [-0.15, -0.1) is 0 Å². The Morgan fingerprint density at radius 3 is 2.74 bits per heavy atom. The van der Waals surface area contributed by atoms with Crippen LogP contribution in [-0.2, 0) is 16.1 Å². The molecular weight excluding hydrogens is 414 g/mol. The van der Waals surface area contributed by atoms with Crippen LogP contribution in [0.3, 0.4) is 0 Å². The smallest absolute Gasteiger partial charge is 0.373 e. The number of carbonyl (C=O) groups is 3. The number of hydrogen-bond donors (Lipinski definition) is 2. The summed E-state index contributed by atoms with van der Waals surface area (Å²) in [5.74, 6) is -2.11. The lowest BCUT2D eigenvalue weighted by molar-refractivity contribution is -0.386. The molecule has 2 aromatic rings. The number of esters is 1. The van der Waals surface area contributed by atoms with Crippen molar-refractivity contribution in [2.24, 2.45) is 0 Å². The highest BCUT2D eigenvalue weighted by atomic mass is 16.6. The van der Waals surface area contributed by atoms with Crippen LogP contribution in [0.25, 0.3) is 6.08 Å². The monoisotopic (exact) mass is 431 g/mol. The van der Waals surface area contributed by atoms with E-state index in [9.17, 15) is 29.6 Å². The molecule has 1 saturated heterocycles. The van der Waals surface area contributed by atoms with Gasteiger partial charge < -0.3 is 24.3 Å². The Bertz CT molecular complexity index is 1100. The van der Waals surface area contributed by atoms with Crippen molar-refractivity contribution in [3.63, 3.8) is 0 Å². The minimum absolute atomic E-state index is 0.0832. The molecule has 1 aromatic carbocycles. The highest BCUT2D eigenvalue weighted by Crippen LogP contribution is 2.37. The Labute approximate surface area is 174 Å². The molecule has 0 radical (unpaired) electrons. The van der Waals surface area contributed by atoms with Gasteiger partial charge in [-0.1, -0.05) is 0 Å². The van der Waals surface area contributed by atoms with Crippen LogP contribution in [0.1, 0.15) is 28.8 Å². The number of aromatic hydroxyl groups is 1. The van der Waals surface area contributed by atoms with E-state index in [0.29, 0.717) is 0 Å². The van der Waals surface area contributed by atoms with Crippen LogP contribution < -0.4 is 10.1 Å². The molecule has 0 bridgehead atoms. The zero-order valence-corrected chi connectivity index (χ0v) is 16.4. The highest BCUT2D eigenvalue weighted by Gasteiger charge is 2.34. The molecule has 1 aliphatic heterocycles. The number of phenolic OH excluding ortho intramolecular Hbond substituents is 1. The SMILES string of the molecule is CCOc1cc(/C=C2\NC(=O)N(Cc3ccc(C(=O)OC)o3)C2=O)cc([N+](=O)[O-])c1O. The maximum Gasteiger partial charge on any atom is 0.373 e. The molecule has 12 heteroatoms. The van der Waals surface area contributed by atoms with Gasteiger partial charge in [0.15, 0.2) is 5.75 Å². The number of nitrogens with one attached hydrogen (secondary N) is 1. The van der Waals surface area contributed by atoms with E-state index < -0.39 is 34.3 Å². The number of furan rings is 1. The Balaban J connectivity index is 1.87. The van der Waals surface area contributed by atoms with Gasteiger partial charge in [0.2, 0.25) is 11.5 Å². The number of methoxy groups -OCH3 is 1. The summed E-state index contributed by atoms with van der Waals surface area (Å²) in [6.45, 7) is 1.53. The minimum atomic E-state index is -0.795. The third-order valence-electron chi connectivity index (χ3n) is 4.21. The number of ether oxygens (including phenoxy) is 2. The topological polar surface area (TPSA) is 161 Å². The Morgan fingerprint density at radius 1 is 1.35 bits per heavy atom. The van der Waals surface area contributed by atoms with Crippen LogP contribution in [0.5, 0.6) is 11.5 Å². The number of amides is 3. The van der Waals surface area contributed by atoms with Crippen LogP contribution in [0.2, 0.25) is 0 Å². The standard InChI is InChI=1S/C19H17N3O9/c1-3-30-15-8-10(7-13(16(15)23)22(27)28)6-12-17(24)21(19(26)20-12)9-11-4-5-14(31-11)18(25)29-2/h4-8,23H,3,9H2,1-2H3,(H,20,26)/b12-6-. The van der Waals surface area contributed by atoms with Crippen LogP contribution in [0.15, 0.2) is 34.4 Å². The molecule has 1 aliphatic rings.